The number of nitro groups is 1. The molecule has 3 aromatic rings. The molecule has 0 bridgehead atoms. The van der Waals surface area contributed by atoms with Crippen molar-refractivity contribution in [1.82, 2.24) is 10.2 Å². The van der Waals surface area contributed by atoms with Gasteiger partial charge in [-0.15, -0.1) is 0 Å². The lowest BCUT2D eigenvalue weighted by molar-refractivity contribution is -0.385. The molecule has 3 aromatic carbocycles. The van der Waals surface area contributed by atoms with Crippen LogP contribution in [0.4, 0.5) is 5.69 Å². The smallest absolute Gasteiger partial charge is 0.273 e. The number of rotatable bonds is 9. The van der Waals surface area contributed by atoms with Crippen LogP contribution in [0.3, 0.4) is 0 Å². The van der Waals surface area contributed by atoms with Crippen LogP contribution in [0.2, 0.25) is 5.02 Å². The lowest BCUT2D eigenvalue weighted by Gasteiger charge is -2.31. The Morgan fingerprint density at radius 3 is 2.21 bits per heavy atom. The maximum Gasteiger partial charge on any atom is 0.273 e. The molecule has 3 rings (SSSR count). The second-order valence-electron chi connectivity index (χ2n) is 7.50. The molecule has 7 nitrogen and oxygen atoms in total. The number of benzene rings is 3. The fourth-order valence-electron chi connectivity index (χ4n) is 3.63. The Hall–Kier alpha value is -3.71. The molecule has 0 unspecified atom stereocenters. The minimum atomic E-state index is -0.830. The first kappa shape index (κ1) is 23.9. The number of carbonyl (C=O) groups is 2. The van der Waals surface area contributed by atoms with E-state index >= 15 is 0 Å². The summed E-state index contributed by atoms with van der Waals surface area (Å²) in [5.74, 6) is -0.740. The van der Waals surface area contributed by atoms with Gasteiger partial charge in [-0.1, -0.05) is 78.3 Å². The van der Waals surface area contributed by atoms with E-state index in [0.29, 0.717) is 10.6 Å². The Morgan fingerprint density at radius 2 is 1.58 bits per heavy atom. The maximum absolute atomic E-state index is 13.5. The number of hydrogen-bond donors (Lipinski definition) is 1. The van der Waals surface area contributed by atoms with Gasteiger partial charge in [0.15, 0.2) is 0 Å². The second kappa shape index (κ2) is 11.2. The molecule has 8 heteroatoms. The highest BCUT2D eigenvalue weighted by atomic mass is 35.5. The third-order valence-corrected chi connectivity index (χ3v) is 5.71. The van der Waals surface area contributed by atoms with E-state index in [4.69, 9.17) is 11.6 Å². The molecule has 0 aliphatic carbocycles. The third kappa shape index (κ3) is 6.17. The molecule has 0 heterocycles. The van der Waals surface area contributed by atoms with Gasteiger partial charge in [-0.05, 0) is 17.2 Å². The minimum Gasteiger partial charge on any atom is -0.357 e. The molecule has 0 aliphatic heterocycles. The molecule has 0 aromatic heterocycles. The van der Waals surface area contributed by atoms with Crippen LogP contribution in [0.25, 0.3) is 0 Å². The van der Waals surface area contributed by atoms with E-state index in [0.717, 1.165) is 5.56 Å². The summed E-state index contributed by atoms with van der Waals surface area (Å²) in [5, 5.41) is 14.5. The average Bonchev–Trinajstić information content (AvgIpc) is 2.82. The van der Waals surface area contributed by atoms with Crippen molar-refractivity contribution in [3.8, 4) is 0 Å². The predicted molar refractivity (Wildman–Crippen MR) is 127 cm³/mol. The Labute approximate surface area is 197 Å². The van der Waals surface area contributed by atoms with Crippen LogP contribution in [-0.2, 0) is 29.0 Å². The molecule has 0 spiro atoms. The van der Waals surface area contributed by atoms with E-state index in [1.54, 1.807) is 42.5 Å². The van der Waals surface area contributed by atoms with E-state index < -0.39 is 16.9 Å². The van der Waals surface area contributed by atoms with E-state index in [-0.39, 0.29) is 36.5 Å². The zero-order chi connectivity index (χ0) is 23.8. The van der Waals surface area contributed by atoms with Crippen molar-refractivity contribution in [2.45, 2.75) is 25.4 Å². The Bertz CT molecular complexity index is 1140. The second-order valence-corrected chi connectivity index (χ2v) is 7.90. The summed E-state index contributed by atoms with van der Waals surface area (Å²) < 4.78 is 0. The number of carbonyl (C=O) groups excluding carboxylic acids is 2. The molecular weight excluding hydrogens is 442 g/mol. The quantitative estimate of drug-likeness (QED) is 0.379. The SMILES string of the molecule is CNC(=O)[C@H](Cc1ccccc1)N(Cc1ccccc1Cl)C(=O)Cc1ccccc1[N+](=O)[O-]. The Kier molecular flexibility index (Phi) is 8.16. The van der Waals surface area contributed by atoms with Crippen molar-refractivity contribution < 1.29 is 14.5 Å². The van der Waals surface area contributed by atoms with Crippen LogP contribution in [0.15, 0.2) is 78.9 Å². The average molecular weight is 466 g/mol. The summed E-state index contributed by atoms with van der Waals surface area (Å²) in [6.07, 6.45) is 0.0669. The zero-order valence-electron chi connectivity index (χ0n) is 18.1. The molecule has 33 heavy (non-hydrogen) atoms. The van der Waals surface area contributed by atoms with E-state index in [1.165, 1.54) is 18.0 Å². The van der Waals surface area contributed by atoms with Crippen LogP contribution < -0.4 is 5.32 Å². The molecule has 0 saturated carbocycles. The minimum absolute atomic E-state index is 0.0874. The Morgan fingerprint density at radius 1 is 0.970 bits per heavy atom. The topological polar surface area (TPSA) is 92.6 Å². The summed E-state index contributed by atoms with van der Waals surface area (Å²) in [6, 6.07) is 21.7. The van der Waals surface area contributed by atoms with Gasteiger partial charge in [0, 0.05) is 36.7 Å². The molecule has 0 radical (unpaired) electrons. The maximum atomic E-state index is 13.5. The van der Waals surface area contributed by atoms with Gasteiger partial charge in [0.1, 0.15) is 6.04 Å². The summed E-state index contributed by atoms with van der Waals surface area (Å²) in [5.41, 5.74) is 1.71. The first-order valence-electron chi connectivity index (χ1n) is 10.4. The monoisotopic (exact) mass is 465 g/mol. The van der Waals surface area contributed by atoms with Crippen molar-refractivity contribution in [3.63, 3.8) is 0 Å². The number of nitrogens with zero attached hydrogens (tertiary/aromatic N) is 2. The van der Waals surface area contributed by atoms with Crippen molar-refractivity contribution in [2.75, 3.05) is 7.05 Å². The number of halogens is 1. The molecule has 0 fully saturated rings. The van der Waals surface area contributed by atoms with Crippen LogP contribution in [-0.4, -0.2) is 34.7 Å². The normalized spacial score (nSPS) is 11.5. The van der Waals surface area contributed by atoms with E-state index in [9.17, 15) is 19.7 Å². The predicted octanol–water partition coefficient (Wildman–Crippen LogP) is 4.18. The van der Waals surface area contributed by atoms with Gasteiger partial charge >= 0.3 is 0 Å². The summed E-state index contributed by atoms with van der Waals surface area (Å²) >= 11 is 6.35. The molecule has 2 amide bonds. The van der Waals surface area contributed by atoms with Gasteiger partial charge in [-0.25, -0.2) is 0 Å². The number of hydrogen-bond acceptors (Lipinski definition) is 4. The van der Waals surface area contributed by atoms with Crippen molar-refractivity contribution in [2.24, 2.45) is 0 Å². The molecular formula is C25H24ClN3O4. The van der Waals surface area contributed by atoms with Crippen LogP contribution in [0.1, 0.15) is 16.7 Å². The number of amides is 2. The molecule has 0 saturated heterocycles. The van der Waals surface area contributed by atoms with Gasteiger partial charge in [0.25, 0.3) is 5.69 Å². The molecule has 1 N–H and O–H groups in total. The van der Waals surface area contributed by atoms with Crippen LogP contribution >= 0.6 is 11.6 Å². The van der Waals surface area contributed by atoms with Crippen molar-refractivity contribution >= 4 is 29.1 Å². The van der Waals surface area contributed by atoms with E-state index in [1.807, 2.05) is 30.3 Å². The van der Waals surface area contributed by atoms with Crippen LogP contribution in [0, 0.1) is 10.1 Å². The lowest BCUT2D eigenvalue weighted by atomic mass is 10.0. The van der Waals surface area contributed by atoms with Gasteiger partial charge in [0.05, 0.1) is 11.3 Å². The van der Waals surface area contributed by atoms with Gasteiger partial charge in [-0.3, -0.25) is 19.7 Å². The highest BCUT2D eigenvalue weighted by Gasteiger charge is 2.31. The number of para-hydroxylation sites is 1. The van der Waals surface area contributed by atoms with E-state index in [2.05, 4.69) is 5.32 Å². The summed E-state index contributed by atoms with van der Waals surface area (Å²) in [4.78, 5) is 38.8. The summed E-state index contributed by atoms with van der Waals surface area (Å²) in [6.45, 7) is 0.0874. The molecule has 1 atom stereocenters. The Balaban J connectivity index is 2.00. The molecule has 170 valence electrons. The molecule has 0 aliphatic rings. The standard InChI is InChI=1S/C25H24ClN3O4/c1-27-25(31)23(15-18-9-3-2-4-10-18)28(17-20-12-5-7-13-21(20)26)24(30)16-19-11-6-8-14-22(19)29(32)33/h2-14,23H,15-17H2,1H3,(H,27,31)/t23-/m0/s1. The first-order chi connectivity index (χ1) is 15.9. The van der Waals surface area contributed by atoms with Gasteiger partial charge in [0.2, 0.25) is 11.8 Å². The first-order valence-corrected chi connectivity index (χ1v) is 10.8. The van der Waals surface area contributed by atoms with Crippen molar-refractivity contribution in [3.05, 3.63) is 111 Å². The summed E-state index contributed by atoms with van der Waals surface area (Å²) in [7, 11) is 1.51. The number of nitrogens with one attached hydrogen (secondary N) is 1. The number of likely N-dealkylation sites (N-methyl/N-ethyl adjacent to an activating group) is 1. The van der Waals surface area contributed by atoms with Crippen LogP contribution in [0.5, 0.6) is 0 Å². The van der Waals surface area contributed by atoms with Crippen molar-refractivity contribution in [1.29, 1.82) is 0 Å². The zero-order valence-corrected chi connectivity index (χ0v) is 18.9. The number of nitro benzene ring substituents is 1. The third-order valence-electron chi connectivity index (χ3n) is 5.35. The largest absolute Gasteiger partial charge is 0.357 e. The van der Waals surface area contributed by atoms with Gasteiger partial charge < -0.3 is 10.2 Å². The highest BCUT2D eigenvalue weighted by Crippen LogP contribution is 2.23. The fourth-order valence-corrected chi connectivity index (χ4v) is 3.83. The van der Waals surface area contributed by atoms with Gasteiger partial charge in [-0.2, -0.15) is 0 Å². The highest BCUT2D eigenvalue weighted by molar-refractivity contribution is 6.31. The lowest BCUT2D eigenvalue weighted by Crippen LogP contribution is -2.50. The fraction of sp³-hybridized carbons (Fsp3) is 0.200.